The molecule has 5 aromatic rings. The zero-order valence-corrected chi connectivity index (χ0v) is 27.9. The van der Waals surface area contributed by atoms with Crippen LogP contribution in [0.15, 0.2) is 30.9 Å². The van der Waals surface area contributed by atoms with Crippen molar-refractivity contribution in [1.82, 2.24) is 34.5 Å². The third kappa shape index (κ3) is 4.49. The minimum atomic E-state index is -0.964. The minimum absolute atomic E-state index is 0.00242. The average Bonchev–Trinajstić information content (AvgIpc) is 3.84. The number of ether oxygens (including phenoxy) is 1. The van der Waals surface area contributed by atoms with E-state index in [1.165, 1.54) is 29.5 Å². The zero-order valence-electron chi connectivity index (χ0n) is 26.4. The summed E-state index contributed by atoms with van der Waals surface area (Å²) in [5.41, 5.74) is 5.15. The first-order valence-electron chi connectivity index (χ1n) is 16.2. The first-order chi connectivity index (χ1) is 24.1. The van der Waals surface area contributed by atoms with Crippen molar-refractivity contribution in [2.24, 2.45) is 0 Å². The van der Waals surface area contributed by atoms with Crippen molar-refractivity contribution in [3.8, 4) is 23.2 Å². The fourth-order valence-corrected chi connectivity index (χ4v) is 9.52. The van der Waals surface area contributed by atoms with Gasteiger partial charge in [0, 0.05) is 48.9 Å². The number of nitriles is 1. The van der Waals surface area contributed by atoms with Crippen LogP contribution in [0.2, 0.25) is 5.02 Å². The number of carbonyl (C=O) groups is 1. The first-order valence-corrected chi connectivity index (χ1v) is 17.3. The molecule has 4 saturated heterocycles. The molecule has 1 amide bonds. The topological polar surface area (TPSA) is 142 Å². The quantitative estimate of drug-likeness (QED) is 0.252. The van der Waals surface area contributed by atoms with Crippen molar-refractivity contribution >= 4 is 60.8 Å². The second-order valence-corrected chi connectivity index (χ2v) is 15.0. The van der Waals surface area contributed by atoms with Gasteiger partial charge in [0.05, 0.1) is 26.4 Å². The third-order valence-corrected chi connectivity index (χ3v) is 12.1. The SMILES string of the molecule is N#Cc1c(N)sc2c(F)ccc(-c3c(Cl)cc4c(N5CC6(CCN6C(=O)n6cncn6)C5)nc(OC[C@@]56CCCN5C[C@H](F)C6)nc4c3F)c12. The summed E-state index contributed by atoms with van der Waals surface area (Å²) in [4.78, 5) is 32.1. The number of nitrogens with two attached hydrogens (primary N) is 1. The molecule has 0 aliphatic carbocycles. The van der Waals surface area contributed by atoms with E-state index in [0.717, 1.165) is 37.1 Å². The zero-order chi connectivity index (χ0) is 34.5. The predicted molar refractivity (Wildman–Crippen MR) is 180 cm³/mol. The Hall–Kier alpha value is -4.72. The lowest BCUT2D eigenvalue weighted by molar-refractivity contribution is 0.000299. The third-order valence-electron chi connectivity index (χ3n) is 10.8. The van der Waals surface area contributed by atoms with E-state index in [2.05, 4.69) is 20.0 Å². The number of fused-ring (bicyclic) bond motifs is 3. The summed E-state index contributed by atoms with van der Waals surface area (Å²) in [5, 5.41) is 14.4. The van der Waals surface area contributed by atoms with Gasteiger partial charge in [0.15, 0.2) is 5.82 Å². The van der Waals surface area contributed by atoms with Gasteiger partial charge in [-0.1, -0.05) is 17.7 Å². The van der Waals surface area contributed by atoms with Crippen LogP contribution in [-0.2, 0) is 0 Å². The van der Waals surface area contributed by atoms with Crippen LogP contribution in [0.5, 0.6) is 6.01 Å². The molecule has 256 valence electrons. The maximum absolute atomic E-state index is 17.0. The highest BCUT2D eigenvalue weighted by Crippen LogP contribution is 2.48. The number of aromatic nitrogens is 5. The number of benzene rings is 2. The maximum Gasteiger partial charge on any atom is 0.346 e. The summed E-state index contributed by atoms with van der Waals surface area (Å²) < 4.78 is 54.0. The Bertz CT molecular complexity index is 2270. The number of rotatable bonds is 5. The lowest BCUT2D eigenvalue weighted by atomic mass is 9.77. The summed E-state index contributed by atoms with van der Waals surface area (Å²) in [6, 6.07) is 5.75. The highest BCUT2D eigenvalue weighted by molar-refractivity contribution is 7.23. The lowest BCUT2D eigenvalue weighted by Gasteiger charge is -2.62. The van der Waals surface area contributed by atoms with Crippen molar-refractivity contribution in [2.75, 3.05) is 50.0 Å². The summed E-state index contributed by atoms with van der Waals surface area (Å²) in [7, 11) is 0. The number of nitrogen functional groups attached to an aromatic ring is 1. The van der Waals surface area contributed by atoms with Crippen LogP contribution >= 0.6 is 22.9 Å². The summed E-state index contributed by atoms with van der Waals surface area (Å²) in [5.74, 6) is -1.04. The van der Waals surface area contributed by atoms with Gasteiger partial charge in [-0.2, -0.15) is 25.0 Å². The molecule has 2 aromatic carbocycles. The highest BCUT2D eigenvalue weighted by atomic mass is 35.5. The standard InChI is InChI=1S/C33H28ClF3N10O2S/c34-21-8-19-26(25(37)24(21)18-2-3-22(36)27-23(18)20(10-38)28(39)50-27)42-30(49-14-32-4-1-6-45(32)11-17(35)9-32)43-29(19)44-12-33(13-44)5-7-46(33)31(48)47-16-40-15-41-47/h2-3,8,15-17H,1,4-7,9,11-14,39H2/t17-,32+/m1/s1. The molecule has 12 nitrogen and oxygen atoms in total. The van der Waals surface area contributed by atoms with Crippen molar-refractivity contribution < 1.29 is 22.7 Å². The fraction of sp³-hybridized carbons (Fsp3) is 0.394. The van der Waals surface area contributed by atoms with Crippen LogP contribution in [-0.4, -0.2) is 97.1 Å². The Morgan fingerprint density at radius 1 is 1.22 bits per heavy atom. The van der Waals surface area contributed by atoms with Gasteiger partial charge in [0.2, 0.25) is 0 Å². The molecule has 7 heterocycles. The Labute approximate surface area is 291 Å². The molecule has 4 fully saturated rings. The summed E-state index contributed by atoms with van der Waals surface area (Å²) in [6.45, 7) is 2.59. The number of amides is 1. The smallest absolute Gasteiger partial charge is 0.346 e. The monoisotopic (exact) mass is 720 g/mol. The number of nitrogens with zero attached hydrogens (tertiary/aromatic N) is 9. The minimum Gasteiger partial charge on any atom is -0.461 e. The van der Waals surface area contributed by atoms with E-state index in [4.69, 9.17) is 27.1 Å². The van der Waals surface area contributed by atoms with Crippen LogP contribution < -0.4 is 15.4 Å². The van der Waals surface area contributed by atoms with Gasteiger partial charge in [-0.3, -0.25) is 4.90 Å². The Morgan fingerprint density at radius 2 is 2.06 bits per heavy atom. The van der Waals surface area contributed by atoms with E-state index in [9.17, 15) is 18.8 Å². The number of hydrogen-bond acceptors (Lipinski definition) is 11. The molecule has 0 saturated carbocycles. The van der Waals surface area contributed by atoms with Gasteiger partial charge in [-0.15, -0.1) is 11.3 Å². The largest absolute Gasteiger partial charge is 0.461 e. The van der Waals surface area contributed by atoms with Gasteiger partial charge in [-0.25, -0.2) is 22.9 Å². The second kappa shape index (κ2) is 11.1. The van der Waals surface area contributed by atoms with E-state index in [-0.39, 0.29) is 61.0 Å². The second-order valence-electron chi connectivity index (χ2n) is 13.5. The molecule has 4 aliphatic heterocycles. The molecule has 0 unspecified atom stereocenters. The van der Waals surface area contributed by atoms with Crippen molar-refractivity contribution in [2.45, 2.75) is 42.9 Å². The molecule has 9 rings (SSSR count). The Kier molecular flexibility index (Phi) is 6.97. The van der Waals surface area contributed by atoms with Crippen LogP contribution in [0.25, 0.3) is 32.1 Å². The molecule has 3 aromatic heterocycles. The maximum atomic E-state index is 17.0. The Morgan fingerprint density at radius 3 is 2.80 bits per heavy atom. The van der Waals surface area contributed by atoms with Gasteiger partial charge in [0.25, 0.3) is 0 Å². The number of carbonyl (C=O) groups excluding carboxylic acids is 1. The Balaban J connectivity index is 1.14. The van der Waals surface area contributed by atoms with E-state index in [0.29, 0.717) is 43.8 Å². The highest BCUT2D eigenvalue weighted by Gasteiger charge is 2.57. The van der Waals surface area contributed by atoms with Crippen molar-refractivity contribution in [1.29, 1.82) is 5.26 Å². The number of thiophene rings is 1. The van der Waals surface area contributed by atoms with E-state index < -0.39 is 28.9 Å². The molecular weight excluding hydrogens is 693 g/mol. The molecule has 2 atom stereocenters. The molecular formula is C33H28ClF3N10O2S. The number of hydrogen-bond donors (Lipinski definition) is 1. The average molecular weight is 721 g/mol. The lowest BCUT2D eigenvalue weighted by Crippen LogP contribution is -2.78. The van der Waals surface area contributed by atoms with Gasteiger partial charge >= 0.3 is 12.0 Å². The number of halogens is 4. The molecule has 17 heteroatoms. The summed E-state index contributed by atoms with van der Waals surface area (Å²) in [6.07, 6.45) is 4.45. The van der Waals surface area contributed by atoms with E-state index >= 15 is 4.39 Å². The number of likely N-dealkylation sites (tertiary alicyclic amines) is 1. The first kappa shape index (κ1) is 31.3. The molecule has 0 radical (unpaired) electrons. The van der Waals surface area contributed by atoms with Gasteiger partial charge in [0.1, 0.15) is 53.7 Å². The van der Waals surface area contributed by atoms with Crippen LogP contribution in [0.4, 0.5) is 28.8 Å². The van der Waals surface area contributed by atoms with Crippen LogP contribution in [0.1, 0.15) is 31.2 Å². The van der Waals surface area contributed by atoms with E-state index in [1.54, 1.807) is 11.0 Å². The molecule has 4 aliphatic rings. The predicted octanol–water partition coefficient (Wildman–Crippen LogP) is 5.38. The molecule has 2 N–H and O–H groups in total. The van der Waals surface area contributed by atoms with Gasteiger partial charge in [-0.05, 0) is 43.5 Å². The molecule has 50 heavy (non-hydrogen) atoms. The van der Waals surface area contributed by atoms with Gasteiger partial charge < -0.3 is 20.3 Å². The normalized spacial score (nSPS) is 22.6. The fourth-order valence-electron chi connectivity index (χ4n) is 8.28. The van der Waals surface area contributed by atoms with E-state index in [1.807, 2.05) is 11.0 Å². The molecule has 1 spiro atoms. The van der Waals surface area contributed by atoms with Crippen LogP contribution in [0, 0.1) is 23.0 Å². The number of alkyl halides is 1. The summed E-state index contributed by atoms with van der Waals surface area (Å²) >= 11 is 7.74. The van der Waals surface area contributed by atoms with Crippen LogP contribution in [0.3, 0.4) is 0 Å². The van der Waals surface area contributed by atoms with Crippen molar-refractivity contribution in [3.63, 3.8) is 0 Å². The molecule has 0 bridgehead atoms. The number of anilines is 2. The van der Waals surface area contributed by atoms with Crippen molar-refractivity contribution in [3.05, 3.63) is 53.1 Å².